The molecule has 0 N–H and O–H groups in total. The normalized spacial score (nSPS) is 11.5. The Balaban J connectivity index is 2.28. The Morgan fingerprint density at radius 2 is 1.59 bits per heavy atom. The van der Waals surface area contributed by atoms with Crippen LogP contribution in [-0.4, -0.2) is 4.92 Å². The van der Waals surface area contributed by atoms with E-state index in [1.165, 1.54) is 22.4 Å². The molecule has 0 aliphatic carbocycles. The molecular formula is C18H13NO3. The zero-order chi connectivity index (χ0) is 15.4. The summed E-state index contributed by atoms with van der Waals surface area (Å²) in [6.45, 7) is 4.15. The molecule has 4 rings (SSSR count). The lowest BCUT2D eigenvalue weighted by Crippen LogP contribution is -1.88. The molecule has 0 saturated carbocycles. The second kappa shape index (κ2) is 4.31. The van der Waals surface area contributed by atoms with E-state index in [0.29, 0.717) is 5.58 Å². The molecule has 1 aromatic heterocycles. The van der Waals surface area contributed by atoms with Crippen LogP contribution in [0.1, 0.15) is 11.1 Å². The summed E-state index contributed by atoms with van der Waals surface area (Å²) in [7, 11) is 0. The number of aryl methyl sites for hydroxylation is 2. The first kappa shape index (κ1) is 12.8. The summed E-state index contributed by atoms with van der Waals surface area (Å²) < 4.78 is 5.35. The monoisotopic (exact) mass is 291 g/mol. The van der Waals surface area contributed by atoms with Crippen LogP contribution in [0, 0.1) is 24.0 Å². The minimum Gasteiger partial charge on any atom is -0.401 e. The third kappa shape index (κ3) is 1.58. The average Bonchev–Trinajstić information content (AvgIpc) is 2.96. The predicted molar refractivity (Wildman–Crippen MR) is 87.4 cm³/mol. The molecule has 0 bridgehead atoms. The molecular weight excluding hydrogens is 278 g/mol. The summed E-state index contributed by atoms with van der Waals surface area (Å²) >= 11 is 0. The van der Waals surface area contributed by atoms with E-state index in [2.05, 4.69) is 26.0 Å². The Labute approximate surface area is 126 Å². The van der Waals surface area contributed by atoms with Crippen molar-refractivity contribution < 1.29 is 9.34 Å². The van der Waals surface area contributed by atoms with E-state index in [1.54, 1.807) is 0 Å². The maximum Gasteiger partial charge on any atom is 0.434 e. The Hall–Kier alpha value is -2.88. The van der Waals surface area contributed by atoms with Crippen molar-refractivity contribution in [2.45, 2.75) is 13.8 Å². The Kier molecular flexibility index (Phi) is 2.51. The summed E-state index contributed by atoms with van der Waals surface area (Å²) in [6.07, 6.45) is 0. The summed E-state index contributed by atoms with van der Waals surface area (Å²) in [6, 6.07) is 13.6. The minimum atomic E-state index is -0.491. The van der Waals surface area contributed by atoms with Crippen molar-refractivity contribution in [1.29, 1.82) is 0 Å². The molecule has 22 heavy (non-hydrogen) atoms. The first-order valence-corrected chi connectivity index (χ1v) is 7.06. The summed E-state index contributed by atoms with van der Waals surface area (Å²) in [4.78, 5) is 10.5. The van der Waals surface area contributed by atoms with Gasteiger partial charge in [0.1, 0.15) is 10.5 Å². The number of nitrogens with zero attached hydrogens (tertiary/aromatic N) is 1. The van der Waals surface area contributed by atoms with Crippen LogP contribution in [0.4, 0.5) is 5.88 Å². The molecule has 0 aliphatic heterocycles. The third-order valence-corrected chi connectivity index (χ3v) is 4.38. The van der Waals surface area contributed by atoms with Gasteiger partial charge in [-0.2, -0.15) is 0 Å². The highest BCUT2D eigenvalue weighted by Crippen LogP contribution is 2.38. The van der Waals surface area contributed by atoms with E-state index >= 15 is 0 Å². The summed E-state index contributed by atoms with van der Waals surface area (Å²) in [5.74, 6) is -0.215. The fourth-order valence-corrected chi connectivity index (χ4v) is 3.32. The zero-order valence-electron chi connectivity index (χ0n) is 12.2. The molecule has 0 fully saturated rings. The van der Waals surface area contributed by atoms with Crippen molar-refractivity contribution in [2.75, 3.05) is 0 Å². The Morgan fingerprint density at radius 1 is 0.909 bits per heavy atom. The molecule has 0 unspecified atom stereocenters. The van der Waals surface area contributed by atoms with Crippen molar-refractivity contribution >= 4 is 38.4 Å². The fraction of sp³-hybridized carbons (Fsp3) is 0.111. The van der Waals surface area contributed by atoms with Gasteiger partial charge in [-0.15, -0.1) is 0 Å². The highest BCUT2D eigenvalue weighted by atomic mass is 16.6. The van der Waals surface area contributed by atoms with Gasteiger partial charge in [0.25, 0.3) is 0 Å². The van der Waals surface area contributed by atoms with Gasteiger partial charge < -0.3 is 4.42 Å². The van der Waals surface area contributed by atoms with E-state index < -0.39 is 4.92 Å². The van der Waals surface area contributed by atoms with Gasteiger partial charge in [0.15, 0.2) is 0 Å². The number of fused-ring (bicyclic) bond motifs is 4. The zero-order valence-corrected chi connectivity index (χ0v) is 12.2. The Bertz CT molecular complexity index is 1080. The number of hydrogen-bond acceptors (Lipinski definition) is 3. The Morgan fingerprint density at radius 3 is 2.27 bits per heavy atom. The van der Waals surface area contributed by atoms with Gasteiger partial charge in [-0.3, -0.25) is 10.1 Å². The van der Waals surface area contributed by atoms with Crippen LogP contribution < -0.4 is 0 Å². The van der Waals surface area contributed by atoms with Crippen molar-refractivity contribution in [2.24, 2.45) is 0 Å². The topological polar surface area (TPSA) is 56.3 Å². The second-order valence-electron chi connectivity index (χ2n) is 5.54. The molecule has 0 radical (unpaired) electrons. The van der Waals surface area contributed by atoms with E-state index in [9.17, 15) is 10.1 Å². The van der Waals surface area contributed by atoms with E-state index in [-0.39, 0.29) is 5.88 Å². The summed E-state index contributed by atoms with van der Waals surface area (Å²) in [5, 5.41) is 16.3. The maximum atomic E-state index is 11.0. The quantitative estimate of drug-likeness (QED) is 0.273. The smallest absolute Gasteiger partial charge is 0.401 e. The molecule has 4 heteroatoms. The van der Waals surface area contributed by atoms with Gasteiger partial charge in [-0.1, -0.05) is 30.3 Å². The van der Waals surface area contributed by atoms with Crippen molar-refractivity contribution in [1.82, 2.24) is 0 Å². The lowest BCUT2D eigenvalue weighted by atomic mass is 9.91. The molecule has 4 aromatic rings. The van der Waals surface area contributed by atoms with Crippen molar-refractivity contribution in [3.8, 4) is 0 Å². The van der Waals surface area contributed by atoms with Crippen LogP contribution in [0.5, 0.6) is 0 Å². The first-order chi connectivity index (χ1) is 10.6. The molecule has 0 spiro atoms. The number of furan rings is 1. The van der Waals surface area contributed by atoms with Gasteiger partial charge in [0, 0.05) is 5.39 Å². The molecule has 0 amide bonds. The predicted octanol–water partition coefficient (Wildman–Crippen LogP) is 5.26. The summed E-state index contributed by atoms with van der Waals surface area (Å²) in [5.41, 5.74) is 2.86. The maximum absolute atomic E-state index is 11.0. The first-order valence-electron chi connectivity index (χ1n) is 7.06. The SMILES string of the molecule is Cc1c2ccccc2c(C)c2c1ccc1oc([N+](=O)[O-])cc12. The van der Waals surface area contributed by atoms with Crippen LogP contribution >= 0.6 is 0 Å². The highest BCUT2D eigenvalue weighted by Gasteiger charge is 2.18. The standard InChI is InChI=1S/C18H13NO3/c1-10-12-5-3-4-6-13(12)11(2)18-14(10)7-8-16-15(18)9-17(22-16)19(20)21/h3-9H,1-2H3. The van der Waals surface area contributed by atoms with Gasteiger partial charge in [-0.25, -0.2) is 0 Å². The molecule has 0 aliphatic rings. The molecule has 108 valence electrons. The van der Waals surface area contributed by atoms with Crippen molar-refractivity contribution in [3.63, 3.8) is 0 Å². The van der Waals surface area contributed by atoms with Gasteiger partial charge in [-0.05, 0) is 52.6 Å². The van der Waals surface area contributed by atoms with E-state index in [1.807, 2.05) is 24.3 Å². The van der Waals surface area contributed by atoms with Gasteiger partial charge in [0.2, 0.25) is 0 Å². The van der Waals surface area contributed by atoms with Crippen LogP contribution in [0.2, 0.25) is 0 Å². The fourth-order valence-electron chi connectivity index (χ4n) is 3.32. The van der Waals surface area contributed by atoms with Crippen LogP contribution in [0.25, 0.3) is 32.5 Å². The third-order valence-electron chi connectivity index (χ3n) is 4.38. The highest BCUT2D eigenvalue weighted by molar-refractivity contribution is 6.15. The number of nitro groups is 1. The molecule has 0 atom stereocenters. The average molecular weight is 291 g/mol. The van der Waals surface area contributed by atoms with Crippen LogP contribution in [-0.2, 0) is 0 Å². The minimum absolute atomic E-state index is 0.215. The van der Waals surface area contributed by atoms with Crippen molar-refractivity contribution in [3.05, 3.63) is 63.7 Å². The number of benzene rings is 3. The lowest BCUT2D eigenvalue weighted by molar-refractivity contribution is -0.401. The lowest BCUT2D eigenvalue weighted by Gasteiger charge is -2.12. The number of rotatable bonds is 1. The number of hydrogen-bond donors (Lipinski definition) is 0. The van der Waals surface area contributed by atoms with Crippen LogP contribution in [0.3, 0.4) is 0 Å². The molecule has 0 saturated heterocycles. The molecule has 3 aromatic carbocycles. The van der Waals surface area contributed by atoms with E-state index in [0.717, 1.165) is 21.7 Å². The molecule has 1 heterocycles. The van der Waals surface area contributed by atoms with E-state index in [4.69, 9.17) is 4.42 Å². The van der Waals surface area contributed by atoms with Crippen LogP contribution in [0.15, 0.2) is 46.9 Å². The largest absolute Gasteiger partial charge is 0.434 e. The second-order valence-corrected chi connectivity index (χ2v) is 5.54. The molecule has 4 nitrogen and oxygen atoms in total. The van der Waals surface area contributed by atoms with Gasteiger partial charge >= 0.3 is 5.88 Å². The van der Waals surface area contributed by atoms with Gasteiger partial charge in [0.05, 0.1) is 6.07 Å².